The molecule has 0 aliphatic heterocycles. The third-order valence-corrected chi connectivity index (χ3v) is 3.58. The molecule has 0 fully saturated rings. The van der Waals surface area contributed by atoms with Gasteiger partial charge in [-0.05, 0) is 49.6 Å². The van der Waals surface area contributed by atoms with Crippen molar-refractivity contribution in [2.45, 2.75) is 33.3 Å². The highest BCUT2D eigenvalue weighted by Crippen LogP contribution is 2.19. The monoisotopic (exact) mass is 326 g/mol. The smallest absolute Gasteiger partial charge is 0.281 e. The van der Waals surface area contributed by atoms with Crippen molar-refractivity contribution >= 4 is 12.1 Å². The molecule has 2 aromatic carbocycles. The fraction of sp³-hybridized carbons (Fsp3) is 0.263. The SMILES string of the molecule is CCC(Oc1cccc(C)c1)C(=O)NN=Cc1cccc(C)c1O. The molecule has 1 amide bonds. The number of hydrazone groups is 1. The fourth-order valence-electron chi connectivity index (χ4n) is 2.20. The average molecular weight is 326 g/mol. The molecular weight excluding hydrogens is 304 g/mol. The van der Waals surface area contributed by atoms with E-state index in [0.29, 0.717) is 17.7 Å². The summed E-state index contributed by atoms with van der Waals surface area (Å²) in [4.78, 5) is 12.2. The van der Waals surface area contributed by atoms with Crippen LogP contribution in [0.3, 0.4) is 0 Å². The lowest BCUT2D eigenvalue weighted by Gasteiger charge is -2.16. The van der Waals surface area contributed by atoms with Gasteiger partial charge in [0.25, 0.3) is 5.91 Å². The maximum atomic E-state index is 12.2. The lowest BCUT2D eigenvalue weighted by Crippen LogP contribution is -2.35. The molecule has 1 unspecified atom stereocenters. The molecule has 0 spiro atoms. The number of nitrogens with zero attached hydrogens (tertiary/aromatic N) is 1. The Labute approximate surface area is 142 Å². The van der Waals surface area contributed by atoms with Crippen LogP contribution in [0.5, 0.6) is 11.5 Å². The summed E-state index contributed by atoms with van der Waals surface area (Å²) in [5, 5.41) is 13.8. The van der Waals surface area contributed by atoms with E-state index in [-0.39, 0.29) is 11.7 Å². The number of phenols is 1. The minimum Gasteiger partial charge on any atom is -0.507 e. The molecule has 2 aromatic rings. The predicted octanol–water partition coefficient (Wildman–Crippen LogP) is 3.32. The molecule has 0 saturated heterocycles. The number of hydrogen-bond donors (Lipinski definition) is 2. The van der Waals surface area contributed by atoms with Crippen molar-refractivity contribution in [3.05, 3.63) is 59.2 Å². The number of rotatable bonds is 6. The van der Waals surface area contributed by atoms with Gasteiger partial charge in [0.2, 0.25) is 0 Å². The van der Waals surface area contributed by atoms with E-state index in [0.717, 1.165) is 11.1 Å². The molecule has 0 heterocycles. The van der Waals surface area contributed by atoms with Crippen molar-refractivity contribution < 1.29 is 14.6 Å². The van der Waals surface area contributed by atoms with Gasteiger partial charge in [0.1, 0.15) is 11.5 Å². The normalized spacial score (nSPS) is 12.1. The van der Waals surface area contributed by atoms with Gasteiger partial charge in [-0.15, -0.1) is 0 Å². The molecule has 0 radical (unpaired) electrons. The number of carbonyl (C=O) groups excluding carboxylic acids is 1. The van der Waals surface area contributed by atoms with E-state index in [4.69, 9.17) is 4.74 Å². The van der Waals surface area contributed by atoms with Crippen LogP contribution in [0.25, 0.3) is 0 Å². The van der Waals surface area contributed by atoms with Gasteiger partial charge >= 0.3 is 0 Å². The van der Waals surface area contributed by atoms with Gasteiger partial charge in [-0.3, -0.25) is 4.79 Å². The molecule has 2 N–H and O–H groups in total. The standard InChI is InChI=1S/C19H22N2O3/c1-4-17(24-16-10-5-7-13(2)11-16)19(23)21-20-12-15-9-6-8-14(3)18(15)22/h5-12,17,22H,4H2,1-3H3,(H,21,23). The average Bonchev–Trinajstić information content (AvgIpc) is 2.56. The predicted molar refractivity (Wildman–Crippen MR) is 94.5 cm³/mol. The first-order chi connectivity index (χ1) is 11.5. The number of phenolic OH excluding ortho intramolecular Hbond substituents is 1. The summed E-state index contributed by atoms with van der Waals surface area (Å²) in [6.07, 6.45) is 1.31. The highest BCUT2D eigenvalue weighted by Gasteiger charge is 2.17. The van der Waals surface area contributed by atoms with Crippen LogP contribution in [0.2, 0.25) is 0 Å². The molecule has 0 bridgehead atoms. The molecule has 1 atom stereocenters. The van der Waals surface area contributed by atoms with Crippen molar-refractivity contribution in [3.8, 4) is 11.5 Å². The second-order valence-corrected chi connectivity index (χ2v) is 5.58. The van der Waals surface area contributed by atoms with Crippen LogP contribution in [0.4, 0.5) is 0 Å². The molecule has 0 aliphatic rings. The van der Waals surface area contributed by atoms with Crippen LogP contribution in [0.15, 0.2) is 47.6 Å². The summed E-state index contributed by atoms with van der Waals surface area (Å²) in [6.45, 7) is 5.64. The van der Waals surface area contributed by atoms with Gasteiger partial charge in [-0.1, -0.05) is 31.2 Å². The lowest BCUT2D eigenvalue weighted by molar-refractivity contribution is -0.128. The zero-order valence-corrected chi connectivity index (χ0v) is 14.1. The largest absolute Gasteiger partial charge is 0.507 e. The first kappa shape index (κ1) is 17.5. The Kier molecular flexibility index (Phi) is 5.95. The summed E-state index contributed by atoms with van der Waals surface area (Å²) < 4.78 is 5.72. The number of carbonyl (C=O) groups is 1. The van der Waals surface area contributed by atoms with E-state index in [1.807, 2.05) is 44.2 Å². The zero-order chi connectivity index (χ0) is 17.5. The summed E-state index contributed by atoms with van der Waals surface area (Å²) in [5.74, 6) is 0.471. The number of nitrogens with one attached hydrogen (secondary N) is 1. The van der Waals surface area contributed by atoms with Gasteiger partial charge in [0, 0.05) is 5.56 Å². The molecule has 0 aliphatic carbocycles. The molecule has 0 aromatic heterocycles. The Morgan fingerprint density at radius 1 is 1.29 bits per heavy atom. The van der Waals surface area contributed by atoms with E-state index in [1.165, 1.54) is 6.21 Å². The number of aryl methyl sites for hydroxylation is 2. The number of amides is 1. The second kappa shape index (κ2) is 8.15. The van der Waals surface area contributed by atoms with Crippen molar-refractivity contribution in [1.82, 2.24) is 5.43 Å². The van der Waals surface area contributed by atoms with E-state index in [9.17, 15) is 9.90 Å². The quantitative estimate of drug-likeness (QED) is 0.632. The third kappa shape index (κ3) is 4.59. The second-order valence-electron chi connectivity index (χ2n) is 5.58. The van der Waals surface area contributed by atoms with E-state index in [1.54, 1.807) is 19.1 Å². The highest BCUT2D eigenvalue weighted by atomic mass is 16.5. The number of aromatic hydroxyl groups is 1. The maximum Gasteiger partial charge on any atom is 0.281 e. The molecule has 24 heavy (non-hydrogen) atoms. The highest BCUT2D eigenvalue weighted by molar-refractivity contribution is 5.86. The zero-order valence-electron chi connectivity index (χ0n) is 14.1. The van der Waals surface area contributed by atoms with Gasteiger partial charge in [0.05, 0.1) is 6.21 Å². The molecule has 5 heteroatoms. The first-order valence-corrected chi connectivity index (χ1v) is 7.86. The van der Waals surface area contributed by atoms with Gasteiger partial charge in [0.15, 0.2) is 6.10 Å². The molecule has 2 rings (SSSR count). The van der Waals surface area contributed by atoms with Gasteiger partial charge in [-0.2, -0.15) is 5.10 Å². The minimum absolute atomic E-state index is 0.151. The number of hydrogen-bond acceptors (Lipinski definition) is 4. The summed E-state index contributed by atoms with van der Waals surface area (Å²) in [6, 6.07) is 12.9. The Morgan fingerprint density at radius 2 is 2.04 bits per heavy atom. The summed E-state index contributed by atoms with van der Waals surface area (Å²) >= 11 is 0. The molecule has 0 saturated carbocycles. The van der Waals surface area contributed by atoms with Crippen LogP contribution < -0.4 is 10.2 Å². The number of benzene rings is 2. The van der Waals surface area contributed by atoms with Crippen molar-refractivity contribution in [3.63, 3.8) is 0 Å². The van der Waals surface area contributed by atoms with Crippen LogP contribution >= 0.6 is 0 Å². The Balaban J connectivity index is 1.99. The van der Waals surface area contributed by atoms with Crippen LogP contribution in [0, 0.1) is 13.8 Å². The van der Waals surface area contributed by atoms with Gasteiger partial charge in [-0.25, -0.2) is 5.43 Å². The molecule has 126 valence electrons. The molecule has 5 nitrogen and oxygen atoms in total. The first-order valence-electron chi connectivity index (χ1n) is 7.86. The van der Waals surface area contributed by atoms with E-state index in [2.05, 4.69) is 10.5 Å². The fourth-order valence-corrected chi connectivity index (χ4v) is 2.20. The Morgan fingerprint density at radius 3 is 2.75 bits per heavy atom. The number of ether oxygens (including phenoxy) is 1. The van der Waals surface area contributed by atoms with Crippen LogP contribution in [-0.2, 0) is 4.79 Å². The van der Waals surface area contributed by atoms with Crippen molar-refractivity contribution in [2.75, 3.05) is 0 Å². The van der Waals surface area contributed by atoms with Crippen molar-refractivity contribution in [2.24, 2.45) is 5.10 Å². The summed E-state index contributed by atoms with van der Waals surface area (Å²) in [7, 11) is 0. The van der Waals surface area contributed by atoms with E-state index >= 15 is 0 Å². The Bertz CT molecular complexity index is 741. The van der Waals surface area contributed by atoms with E-state index < -0.39 is 6.10 Å². The van der Waals surface area contributed by atoms with Gasteiger partial charge < -0.3 is 9.84 Å². The maximum absolute atomic E-state index is 12.2. The van der Waals surface area contributed by atoms with Crippen LogP contribution in [-0.4, -0.2) is 23.3 Å². The van der Waals surface area contributed by atoms with Crippen molar-refractivity contribution in [1.29, 1.82) is 0 Å². The number of para-hydroxylation sites is 1. The lowest BCUT2D eigenvalue weighted by atomic mass is 10.1. The third-order valence-electron chi connectivity index (χ3n) is 3.58. The van der Waals surface area contributed by atoms with Crippen LogP contribution in [0.1, 0.15) is 30.0 Å². The Hall–Kier alpha value is -2.82. The minimum atomic E-state index is -0.630. The molecular formula is C19H22N2O3. The summed E-state index contributed by atoms with van der Waals surface area (Å²) in [5.41, 5.74) is 4.82. The topological polar surface area (TPSA) is 70.9 Å².